The molecule has 0 aromatic heterocycles. The number of carboxylic acid groups (broad SMARTS) is 1. The Labute approximate surface area is 125 Å². The number of rotatable bonds is 8. The van der Waals surface area contributed by atoms with Gasteiger partial charge < -0.3 is 9.84 Å². The van der Waals surface area contributed by atoms with Gasteiger partial charge in [0.25, 0.3) is 0 Å². The second kappa shape index (κ2) is 7.42. The van der Waals surface area contributed by atoms with E-state index < -0.39 is 21.8 Å². The topological polar surface area (TPSA) is 83.9 Å². The van der Waals surface area contributed by atoms with Gasteiger partial charge in [0, 0.05) is 12.8 Å². The van der Waals surface area contributed by atoms with Crippen LogP contribution in [0.3, 0.4) is 0 Å². The molecule has 0 aliphatic rings. The predicted molar refractivity (Wildman–Crippen MR) is 79.4 cm³/mol. The van der Waals surface area contributed by atoms with Gasteiger partial charge in [0.15, 0.2) is 9.84 Å². The fourth-order valence-corrected chi connectivity index (χ4v) is 2.34. The van der Waals surface area contributed by atoms with Gasteiger partial charge in [-0.25, -0.2) is 8.42 Å². The van der Waals surface area contributed by atoms with Crippen molar-refractivity contribution < 1.29 is 23.1 Å². The first-order valence-electron chi connectivity index (χ1n) is 6.58. The molecule has 0 radical (unpaired) electrons. The van der Waals surface area contributed by atoms with E-state index in [0.717, 1.165) is 6.26 Å². The van der Waals surface area contributed by atoms with Crippen molar-refractivity contribution in [2.45, 2.75) is 24.3 Å². The molecule has 0 heterocycles. The third-order valence-electron chi connectivity index (χ3n) is 3.18. The summed E-state index contributed by atoms with van der Waals surface area (Å²) < 4.78 is 28.3. The third-order valence-corrected chi connectivity index (χ3v) is 4.29. The quantitative estimate of drug-likeness (QED) is 0.727. The van der Waals surface area contributed by atoms with E-state index in [1.807, 2.05) is 0 Å². The fourth-order valence-electron chi connectivity index (χ4n) is 1.68. The minimum Gasteiger partial charge on any atom is -0.494 e. The van der Waals surface area contributed by atoms with Crippen LogP contribution in [0, 0.1) is 0 Å². The van der Waals surface area contributed by atoms with Crippen LogP contribution in [-0.4, -0.2) is 56.9 Å². The molecule has 0 fully saturated rings. The first-order chi connectivity index (χ1) is 9.71. The molecule has 7 heteroatoms. The highest BCUT2D eigenvalue weighted by atomic mass is 32.2. The Hall–Kier alpha value is -1.60. The van der Waals surface area contributed by atoms with Crippen LogP contribution in [0.2, 0.25) is 0 Å². The van der Waals surface area contributed by atoms with E-state index in [1.54, 1.807) is 31.0 Å². The second-order valence-electron chi connectivity index (χ2n) is 4.94. The molecule has 0 bridgehead atoms. The molecule has 0 amide bonds. The van der Waals surface area contributed by atoms with Crippen LogP contribution in [-0.2, 0) is 14.6 Å². The lowest BCUT2D eigenvalue weighted by atomic mass is 10.3. The molecule has 1 rings (SSSR count). The number of ether oxygens (including phenoxy) is 1. The molecule has 0 aliphatic carbocycles. The number of likely N-dealkylation sites (N-methyl/N-ethyl adjacent to an activating group) is 1. The van der Waals surface area contributed by atoms with Crippen LogP contribution in [0.25, 0.3) is 0 Å². The molecule has 0 saturated carbocycles. The molecule has 118 valence electrons. The van der Waals surface area contributed by atoms with Gasteiger partial charge in [-0.3, -0.25) is 9.69 Å². The first kappa shape index (κ1) is 17.5. The number of sulfone groups is 1. The highest BCUT2D eigenvalue weighted by Crippen LogP contribution is 2.17. The Morgan fingerprint density at radius 3 is 2.67 bits per heavy atom. The zero-order chi connectivity index (χ0) is 16.0. The van der Waals surface area contributed by atoms with Crippen LogP contribution < -0.4 is 4.74 Å². The van der Waals surface area contributed by atoms with Crippen molar-refractivity contribution in [3.8, 4) is 5.75 Å². The van der Waals surface area contributed by atoms with Gasteiger partial charge in [0.2, 0.25) is 0 Å². The summed E-state index contributed by atoms with van der Waals surface area (Å²) in [6.07, 6.45) is 1.80. The SMILES string of the molecule is CC(C(=O)O)N(C)CCCOc1cccc(S(C)(=O)=O)c1. The normalized spacial score (nSPS) is 13.1. The maximum Gasteiger partial charge on any atom is 0.320 e. The average molecular weight is 315 g/mol. The summed E-state index contributed by atoms with van der Waals surface area (Å²) in [5.74, 6) is -0.369. The van der Waals surface area contributed by atoms with Gasteiger partial charge in [-0.15, -0.1) is 0 Å². The summed E-state index contributed by atoms with van der Waals surface area (Å²) in [5.41, 5.74) is 0. The standard InChI is InChI=1S/C14H21NO5S/c1-11(14(16)17)15(2)8-5-9-20-12-6-4-7-13(10-12)21(3,18)19/h4,6-7,10-11H,5,8-9H2,1-3H3,(H,16,17). The highest BCUT2D eigenvalue weighted by molar-refractivity contribution is 7.90. The van der Waals surface area contributed by atoms with E-state index in [-0.39, 0.29) is 4.90 Å². The number of hydrogen-bond donors (Lipinski definition) is 1. The Bertz CT molecular complexity index is 585. The zero-order valence-electron chi connectivity index (χ0n) is 12.4. The van der Waals surface area contributed by atoms with Crippen molar-refractivity contribution in [1.29, 1.82) is 0 Å². The van der Waals surface area contributed by atoms with Crippen molar-refractivity contribution in [3.05, 3.63) is 24.3 Å². The summed E-state index contributed by atoms with van der Waals surface area (Å²) in [4.78, 5) is 12.7. The molecule has 0 aliphatic heterocycles. The average Bonchev–Trinajstić information content (AvgIpc) is 2.41. The van der Waals surface area contributed by atoms with Gasteiger partial charge in [-0.05, 0) is 38.6 Å². The number of carbonyl (C=O) groups is 1. The third kappa shape index (κ3) is 5.73. The maximum absolute atomic E-state index is 11.4. The number of aliphatic carboxylic acids is 1. The van der Waals surface area contributed by atoms with Crippen molar-refractivity contribution in [2.24, 2.45) is 0 Å². The monoisotopic (exact) mass is 315 g/mol. The van der Waals surface area contributed by atoms with Crippen LogP contribution in [0.4, 0.5) is 0 Å². The number of nitrogens with zero attached hydrogens (tertiary/aromatic N) is 1. The van der Waals surface area contributed by atoms with E-state index in [4.69, 9.17) is 9.84 Å². The van der Waals surface area contributed by atoms with Gasteiger partial charge in [-0.1, -0.05) is 6.07 Å². The Morgan fingerprint density at radius 1 is 1.43 bits per heavy atom. The van der Waals surface area contributed by atoms with Gasteiger partial charge >= 0.3 is 5.97 Å². The predicted octanol–water partition coefficient (Wildman–Crippen LogP) is 1.26. The molecule has 6 nitrogen and oxygen atoms in total. The lowest BCUT2D eigenvalue weighted by Crippen LogP contribution is -2.36. The van der Waals surface area contributed by atoms with Crippen molar-refractivity contribution >= 4 is 15.8 Å². The van der Waals surface area contributed by atoms with Gasteiger partial charge in [0.1, 0.15) is 11.8 Å². The lowest BCUT2D eigenvalue weighted by Gasteiger charge is -2.20. The van der Waals surface area contributed by atoms with Crippen LogP contribution >= 0.6 is 0 Å². The number of benzene rings is 1. The number of hydrogen-bond acceptors (Lipinski definition) is 5. The maximum atomic E-state index is 11.4. The summed E-state index contributed by atoms with van der Waals surface area (Å²) in [6, 6.07) is 5.78. The molecule has 1 atom stereocenters. The Morgan fingerprint density at radius 2 is 2.10 bits per heavy atom. The summed E-state index contributed by atoms with van der Waals surface area (Å²) in [6.45, 7) is 2.60. The summed E-state index contributed by atoms with van der Waals surface area (Å²) in [7, 11) is -1.50. The van der Waals surface area contributed by atoms with E-state index in [9.17, 15) is 13.2 Å². The zero-order valence-corrected chi connectivity index (χ0v) is 13.3. The van der Waals surface area contributed by atoms with Gasteiger partial charge in [-0.2, -0.15) is 0 Å². The Balaban J connectivity index is 2.45. The van der Waals surface area contributed by atoms with Crippen molar-refractivity contribution in [1.82, 2.24) is 4.90 Å². The molecule has 1 unspecified atom stereocenters. The fraction of sp³-hybridized carbons (Fsp3) is 0.500. The first-order valence-corrected chi connectivity index (χ1v) is 8.47. The van der Waals surface area contributed by atoms with Crippen molar-refractivity contribution in [2.75, 3.05) is 26.5 Å². The summed E-state index contributed by atoms with van der Waals surface area (Å²) in [5, 5.41) is 8.86. The molecule has 0 saturated heterocycles. The lowest BCUT2D eigenvalue weighted by molar-refractivity contribution is -0.142. The minimum atomic E-state index is -3.24. The summed E-state index contributed by atoms with van der Waals surface area (Å²) >= 11 is 0. The van der Waals surface area contributed by atoms with Crippen molar-refractivity contribution in [3.63, 3.8) is 0 Å². The minimum absolute atomic E-state index is 0.219. The molecule has 1 aromatic rings. The Kier molecular flexibility index (Phi) is 6.17. The molecule has 21 heavy (non-hydrogen) atoms. The molecule has 0 spiro atoms. The highest BCUT2D eigenvalue weighted by Gasteiger charge is 2.15. The van der Waals surface area contributed by atoms with Gasteiger partial charge in [0.05, 0.1) is 11.5 Å². The van der Waals surface area contributed by atoms with Crippen LogP contribution in [0.15, 0.2) is 29.2 Å². The van der Waals surface area contributed by atoms with E-state index >= 15 is 0 Å². The second-order valence-corrected chi connectivity index (χ2v) is 6.96. The molecule has 1 N–H and O–H groups in total. The smallest absolute Gasteiger partial charge is 0.320 e. The van der Waals surface area contributed by atoms with Crippen LogP contribution in [0.5, 0.6) is 5.75 Å². The number of carboxylic acids is 1. The van der Waals surface area contributed by atoms with Crippen LogP contribution in [0.1, 0.15) is 13.3 Å². The van der Waals surface area contributed by atoms with E-state index in [2.05, 4.69) is 0 Å². The largest absolute Gasteiger partial charge is 0.494 e. The van der Waals surface area contributed by atoms with E-state index in [1.165, 1.54) is 12.1 Å². The molecular formula is C14H21NO5S. The molecule has 1 aromatic carbocycles. The molecular weight excluding hydrogens is 294 g/mol. The van der Waals surface area contributed by atoms with E-state index in [0.29, 0.717) is 25.3 Å².